The SMILES string of the molecule is O=C(Cc1ccc2nc(-c3ccc(N4CCC(C(=O)N5CCOCC5)CC4)cc3)[nH]c2c1)c1ccc(N2CCOCC2)cc1. The lowest BCUT2D eigenvalue weighted by Crippen LogP contribution is -2.46. The van der Waals surface area contributed by atoms with Crippen molar-refractivity contribution in [1.29, 1.82) is 0 Å². The first kappa shape index (κ1) is 28.6. The fourth-order valence-corrected chi connectivity index (χ4v) is 6.53. The minimum Gasteiger partial charge on any atom is -0.378 e. The number of benzene rings is 3. The van der Waals surface area contributed by atoms with Gasteiger partial charge in [-0.05, 0) is 79.1 Å². The van der Waals surface area contributed by atoms with Crippen molar-refractivity contribution in [3.8, 4) is 11.4 Å². The molecule has 9 nitrogen and oxygen atoms in total. The molecule has 4 heterocycles. The highest BCUT2D eigenvalue weighted by atomic mass is 16.5. The smallest absolute Gasteiger partial charge is 0.225 e. The molecule has 1 aromatic heterocycles. The Hall–Kier alpha value is -4.21. The van der Waals surface area contributed by atoms with Crippen LogP contribution in [0.5, 0.6) is 0 Å². The summed E-state index contributed by atoms with van der Waals surface area (Å²) in [6.45, 7) is 7.71. The molecule has 3 aliphatic heterocycles. The van der Waals surface area contributed by atoms with E-state index in [1.165, 1.54) is 5.69 Å². The van der Waals surface area contributed by atoms with Crippen molar-refractivity contribution in [2.75, 3.05) is 75.5 Å². The normalized spacial score (nSPS) is 18.1. The summed E-state index contributed by atoms with van der Waals surface area (Å²) >= 11 is 0. The van der Waals surface area contributed by atoms with Gasteiger partial charge in [-0.1, -0.05) is 6.07 Å². The number of hydrogen-bond acceptors (Lipinski definition) is 7. The van der Waals surface area contributed by atoms with E-state index in [2.05, 4.69) is 39.0 Å². The number of nitrogens with zero attached hydrogens (tertiary/aromatic N) is 4. The van der Waals surface area contributed by atoms with Gasteiger partial charge in [0.15, 0.2) is 5.78 Å². The van der Waals surface area contributed by atoms with Crippen molar-refractivity contribution in [2.45, 2.75) is 19.3 Å². The third-order valence-corrected chi connectivity index (χ3v) is 9.15. The second-order valence-corrected chi connectivity index (χ2v) is 11.9. The summed E-state index contributed by atoms with van der Waals surface area (Å²) < 4.78 is 10.8. The first-order valence-electron chi connectivity index (χ1n) is 15.8. The van der Waals surface area contributed by atoms with Crippen LogP contribution in [0.1, 0.15) is 28.8 Å². The van der Waals surface area contributed by atoms with Gasteiger partial charge in [0.25, 0.3) is 0 Å². The average Bonchev–Trinajstić information content (AvgIpc) is 3.53. The van der Waals surface area contributed by atoms with Gasteiger partial charge < -0.3 is 29.2 Å². The van der Waals surface area contributed by atoms with Gasteiger partial charge in [-0.2, -0.15) is 0 Å². The largest absolute Gasteiger partial charge is 0.378 e. The standard InChI is InChI=1S/C35H39N5O4/c41-33(26-2-6-30(7-3-26)39-15-19-43-20-16-39)24-25-1-10-31-32(23-25)37-34(36-31)27-4-8-29(9-5-27)38-13-11-28(12-14-38)35(42)40-17-21-44-22-18-40/h1-10,23,28H,11-22,24H2,(H,36,37). The average molecular weight is 594 g/mol. The summed E-state index contributed by atoms with van der Waals surface area (Å²) in [7, 11) is 0. The number of carbonyl (C=O) groups excluding carboxylic acids is 2. The molecule has 4 aromatic rings. The molecule has 3 fully saturated rings. The number of imidazole rings is 1. The van der Waals surface area contributed by atoms with Gasteiger partial charge in [0.2, 0.25) is 5.91 Å². The monoisotopic (exact) mass is 593 g/mol. The lowest BCUT2D eigenvalue weighted by atomic mass is 9.94. The Morgan fingerprint density at radius 3 is 2.05 bits per heavy atom. The predicted octanol–water partition coefficient (Wildman–Crippen LogP) is 4.57. The minimum atomic E-state index is 0.0997. The third kappa shape index (κ3) is 6.21. The molecule has 7 rings (SSSR count). The van der Waals surface area contributed by atoms with Crippen molar-refractivity contribution >= 4 is 34.1 Å². The van der Waals surface area contributed by atoms with Crippen molar-refractivity contribution in [3.05, 3.63) is 77.9 Å². The number of Topliss-reactive ketones (excluding diaryl/α,β-unsaturated/α-hetero) is 1. The number of aromatic amines is 1. The molecular formula is C35H39N5O4. The molecule has 0 saturated carbocycles. The molecule has 228 valence electrons. The maximum absolute atomic E-state index is 13.1. The van der Waals surface area contributed by atoms with Crippen LogP contribution < -0.4 is 9.80 Å². The van der Waals surface area contributed by atoms with Crippen LogP contribution in [0.25, 0.3) is 22.4 Å². The van der Waals surface area contributed by atoms with E-state index in [9.17, 15) is 9.59 Å². The number of ketones is 1. The lowest BCUT2D eigenvalue weighted by molar-refractivity contribution is -0.140. The Morgan fingerprint density at radius 2 is 1.36 bits per heavy atom. The van der Waals surface area contributed by atoms with Crippen LogP contribution in [0.15, 0.2) is 66.7 Å². The number of hydrogen-bond donors (Lipinski definition) is 1. The van der Waals surface area contributed by atoms with Gasteiger partial charge in [0.1, 0.15) is 5.82 Å². The number of fused-ring (bicyclic) bond motifs is 1. The maximum Gasteiger partial charge on any atom is 0.225 e. The number of ether oxygens (including phenoxy) is 2. The van der Waals surface area contributed by atoms with Crippen LogP contribution in [0.2, 0.25) is 0 Å². The number of nitrogens with one attached hydrogen (secondary N) is 1. The first-order valence-corrected chi connectivity index (χ1v) is 15.8. The van der Waals surface area contributed by atoms with Crippen molar-refractivity contribution in [1.82, 2.24) is 14.9 Å². The number of rotatable bonds is 7. The van der Waals surface area contributed by atoms with Crippen LogP contribution in [0.3, 0.4) is 0 Å². The number of H-pyrrole nitrogens is 1. The van der Waals surface area contributed by atoms with E-state index < -0.39 is 0 Å². The van der Waals surface area contributed by atoms with Gasteiger partial charge in [0, 0.05) is 74.1 Å². The molecule has 3 aromatic carbocycles. The quantitative estimate of drug-likeness (QED) is 0.314. The van der Waals surface area contributed by atoms with Crippen LogP contribution >= 0.6 is 0 Å². The molecule has 44 heavy (non-hydrogen) atoms. The molecule has 0 spiro atoms. The van der Waals surface area contributed by atoms with E-state index in [4.69, 9.17) is 14.5 Å². The Bertz CT molecular complexity index is 1600. The third-order valence-electron chi connectivity index (χ3n) is 9.15. The first-order chi connectivity index (χ1) is 21.6. The van der Waals surface area contributed by atoms with Gasteiger partial charge >= 0.3 is 0 Å². The summed E-state index contributed by atoms with van der Waals surface area (Å²) in [5, 5.41) is 0. The predicted molar refractivity (Wildman–Crippen MR) is 171 cm³/mol. The molecule has 3 saturated heterocycles. The number of amides is 1. The molecule has 0 unspecified atom stereocenters. The van der Waals surface area contributed by atoms with Crippen molar-refractivity contribution < 1.29 is 19.1 Å². The molecule has 3 aliphatic rings. The molecule has 0 radical (unpaired) electrons. The second-order valence-electron chi connectivity index (χ2n) is 11.9. The zero-order chi connectivity index (χ0) is 29.9. The van der Waals surface area contributed by atoms with Gasteiger partial charge in [-0.3, -0.25) is 9.59 Å². The van der Waals surface area contributed by atoms with E-state index in [0.29, 0.717) is 38.6 Å². The van der Waals surface area contributed by atoms with Crippen LogP contribution in [0, 0.1) is 5.92 Å². The fraction of sp³-hybridized carbons (Fsp3) is 0.400. The summed E-state index contributed by atoms with van der Waals surface area (Å²) in [5.74, 6) is 1.31. The Kier molecular flexibility index (Phi) is 8.31. The Balaban J connectivity index is 0.963. The highest BCUT2D eigenvalue weighted by Crippen LogP contribution is 2.28. The number of piperidine rings is 1. The summed E-state index contributed by atoms with van der Waals surface area (Å²) in [6.07, 6.45) is 2.10. The molecule has 0 atom stereocenters. The zero-order valence-electron chi connectivity index (χ0n) is 25.0. The van der Waals surface area contributed by atoms with Crippen molar-refractivity contribution in [2.24, 2.45) is 5.92 Å². The van der Waals surface area contributed by atoms with Crippen molar-refractivity contribution in [3.63, 3.8) is 0 Å². The fourth-order valence-electron chi connectivity index (χ4n) is 6.53. The van der Waals surface area contributed by atoms with Crippen LogP contribution in [-0.2, 0) is 20.7 Å². The van der Waals surface area contributed by atoms with Gasteiger partial charge in [0.05, 0.1) is 37.5 Å². The van der Waals surface area contributed by atoms with Crippen LogP contribution in [-0.4, -0.2) is 92.3 Å². The molecule has 9 heteroatoms. The maximum atomic E-state index is 13.1. The van der Waals surface area contributed by atoms with Gasteiger partial charge in [-0.15, -0.1) is 0 Å². The summed E-state index contributed by atoms with van der Waals surface area (Å²) in [5.41, 5.74) is 6.79. The molecule has 1 amide bonds. The topological polar surface area (TPSA) is 91.0 Å². The van der Waals surface area contributed by atoms with E-state index in [0.717, 1.165) is 91.5 Å². The number of morpholine rings is 2. The Morgan fingerprint density at radius 1 is 0.750 bits per heavy atom. The van der Waals surface area contributed by atoms with E-state index in [1.807, 2.05) is 47.4 Å². The van der Waals surface area contributed by atoms with E-state index in [1.54, 1.807) is 0 Å². The molecule has 1 N–H and O–H groups in total. The number of anilines is 2. The van der Waals surface area contributed by atoms with Crippen LogP contribution in [0.4, 0.5) is 11.4 Å². The highest BCUT2D eigenvalue weighted by Gasteiger charge is 2.29. The Labute approximate surface area is 257 Å². The molecule has 0 aliphatic carbocycles. The number of carbonyl (C=O) groups is 2. The second kappa shape index (κ2) is 12.8. The molecule has 0 bridgehead atoms. The van der Waals surface area contributed by atoms with Gasteiger partial charge in [-0.25, -0.2) is 4.98 Å². The summed E-state index contributed by atoms with van der Waals surface area (Å²) in [6, 6.07) is 22.4. The highest BCUT2D eigenvalue weighted by molar-refractivity contribution is 5.98. The molecular weight excluding hydrogens is 554 g/mol. The lowest BCUT2D eigenvalue weighted by Gasteiger charge is -2.36. The minimum absolute atomic E-state index is 0.0997. The zero-order valence-corrected chi connectivity index (χ0v) is 25.0. The van der Waals surface area contributed by atoms with E-state index in [-0.39, 0.29) is 11.7 Å². The summed E-state index contributed by atoms with van der Waals surface area (Å²) in [4.78, 5) is 40.8. The van der Waals surface area contributed by atoms with E-state index >= 15 is 0 Å². The number of aromatic nitrogens is 2.